The minimum absolute atomic E-state index is 0.410. The van der Waals surface area contributed by atoms with Crippen molar-refractivity contribution in [3.8, 4) is 0 Å². The lowest BCUT2D eigenvalue weighted by Crippen LogP contribution is -2.44. The highest BCUT2D eigenvalue weighted by Gasteiger charge is 2.24. The van der Waals surface area contributed by atoms with Gasteiger partial charge in [0.2, 0.25) is 10.0 Å². The lowest BCUT2D eigenvalue weighted by molar-refractivity contribution is 0.290. The van der Waals surface area contributed by atoms with Crippen molar-refractivity contribution in [2.45, 2.75) is 52.7 Å². The number of piperidine rings is 1. The molecule has 1 aromatic rings. The Labute approximate surface area is 128 Å². The second kappa shape index (κ2) is 6.50. The molecule has 0 amide bonds. The highest BCUT2D eigenvalue weighted by Crippen LogP contribution is 2.17. The van der Waals surface area contributed by atoms with E-state index < -0.39 is 10.0 Å². The zero-order valence-corrected chi connectivity index (χ0v) is 14.3. The Balaban J connectivity index is 1.88. The maximum Gasteiger partial charge on any atom is 0.211 e. The smallest absolute Gasteiger partial charge is 0.211 e. The second-order valence-electron chi connectivity index (χ2n) is 5.96. The summed E-state index contributed by atoms with van der Waals surface area (Å²) < 4.78 is 26.9. The van der Waals surface area contributed by atoms with Crippen LogP contribution in [0.15, 0.2) is 6.07 Å². The Morgan fingerprint density at radius 1 is 1.29 bits per heavy atom. The van der Waals surface area contributed by atoms with Crippen LogP contribution >= 0.6 is 0 Å². The van der Waals surface area contributed by atoms with Crippen molar-refractivity contribution in [1.29, 1.82) is 0 Å². The molecule has 1 aliphatic heterocycles. The molecule has 2 rings (SSSR count). The maximum atomic E-state index is 11.5. The van der Waals surface area contributed by atoms with Gasteiger partial charge in [0.05, 0.1) is 6.26 Å². The van der Waals surface area contributed by atoms with Crippen molar-refractivity contribution in [3.05, 3.63) is 23.0 Å². The molecule has 0 bridgehead atoms. The van der Waals surface area contributed by atoms with E-state index in [1.165, 1.54) is 23.2 Å². The lowest BCUT2D eigenvalue weighted by atomic mass is 10.1. The predicted molar refractivity (Wildman–Crippen MR) is 85.9 cm³/mol. The number of aromatic nitrogens is 1. The summed E-state index contributed by atoms with van der Waals surface area (Å²) in [6.45, 7) is 9.60. The Morgan fingerprint density at radius 2 is 1.90 bits per heavy atom. The number of hydrogen-bond donors (Lipinski definition) is 1. The third kappa shape index (κ3) is 3.87. The zero-order chi connectivity index (χ0) is 15.6. The molecule has 5 nitrogen and oxygen atoms in total. The Morgan fingerprint density at radius 3 is 2.38 bits per heavy atom. The van der Waals surface area contributed by atoms with E-state index >= 15 is 0 Å². The van der Waals surface area contributed by atoms with Gasteiger partial charge in [0, 0.05) is 43.6 Å². The third-order valence-electron chi connectivity index (χ3n) is 4.50. The summed E-state index contributed by atoms with van der Waals surface area (Å²) in [5.74, 6) is 0. The van der Waals surface area contributed by atoms with Crippen molar-refractivity contribution < 1.29 is 8.42 Å². The van der Waals surface area contributed by atoms with Gasteiger partial charge in [0.1, 0.15) is 0 Å². The molecule has 1 saturated heterocycles. The van der Waals surface area contributed by atoms with Crippen LogP contribution in [0.5, 0.6) is 0 Å². The molecule has 6 heteroatoms. The summed E-state index contributed by atoms with van der Waals surface area (Å²) >= 11 is 0. The fourth-order valence-electron chi connectivity index (χ4n) is 3.18. The van der Waals surface area contributed by atoms with E-state index in [9.17, 15) is 8.42 Å². The van der Waals surface area contributed by atoms with Gasteiger partial charge >= 0.3 is 0 Å². The molecule has 1 aliphatic rings. The molecule has 0 unspecified atom stereocenters. The quantitative estimate of drug-likeness (QED) is 0.899. The summed E-state index contributed by atoms with van der Waals surface area (Å²) in [4.78, 5) is 0. The summed E-state index contributed by atoms with van der Waals surface area (Å²) in [6.07, 6.45) is 3.07. The van der Waals surface area contributed by atoms with Crippen LogP contribution in [0.1, 0.15) is 36.7 Å². The summed E-state index contributed by atoms with van der Waals surface area (Å²) in [5, 5.41) is 3.58. The van der Waals surface area contributed by atoms with E-state index in [1.807, 2.05) is 0 Å². The minimum Gasteiger partial charge on any atom is -0.349 e. The zero-order valence-electron chi connectivity index (χ0n) is 13.5. The largest absolute Gasteiger partial charge is 0.349 e. The molecule has 2 heterocycles. The topological polar surface area (TPSA) is 54.3 Å². The monoisotopic (exact) mass is 313 g/mol. The van der Waals surface area contributed by atoms with E-state index in [2.05, 4.69) is 36.7 Å². The molecule has 0 spiro atoms. The lowest BCUT2D eigenvalue weighted by Gasteiger charge is -2.30. The molecular formula is C15H27N3O2S. The van der Waals surface area contributed by atoms with Crippen molar-refractivity contribution >= 4 is 10.0 Å². The molecule has 0 radical (unpaired) electrons. The van der Waals surface area contributed by atoms with Gasteiger partial charge in [-0.3, -0.25) is 0 Å². The first kappa shape index (κ1) is 16.5. The standard InChI is InChI=1S/C15H27N3O2S/c1-5-18-12(2)10-14(13(18)3)11-16-15-6-8-17(9-7-15)21(4,19)20/h10,15-16H,5-9,11H2,1-4H3. The van der Waals surface area contributed by atoms with Gasteiger partial charge in [-0.2, -0.15) is 0 Å². The van der Waals surface area contributed by atoms with Crippen LogP contribution < -0.4 is 5.32 Å². The molecule has 21 heavy (non-hydrogen) atoms. The predicted octanol–water partition coefficient (Wildman–Crippen LogP) is 1.64. The molecule has 0 saturated carbocycles. The van der Waals surface area contributed by atoms with Gasteiger partial charge in [-0.05, 0) is 45.2 Å². The number of hydrogen-bond acceptors (Lipinski definition) is 3. The number of aryl methyl sites for hydroxylation is 1. The number of nitrogens with zero attached hydrogens (tertiary/aromatic N) is 2. The molecule has 0 aromatic carbocycles. The molecule has 1 N–H and O–H groups in total. The number of nitrogens with one attached hydrogen (secondary N) is 1. The third-order valence-corrected chi connectivity index (χ3v) is 5.80. The van der Waals surface area contributed by atoms with E-state index in [1.54, 1.807) is 4.31 Å². The Hall–Kier alpha value is -0.850. The fraction of sp³-hybridized carbons (Fsp3) is 0.733. The highest BCUT2D eigenvalue weighted by atomic mass is 32.2. The van der Waals surface area contributed by atoms with Gasteiger partial charge in [0.15, 0.2) is 0 Å². The summed E-state index contributed by atoms with van der Waals surface area (Å²) in [5.41, 5.74) is 3.98. The fourth-order valence-corrected chi connectivity index (χ4v) is 4.06. The van der Waals surface area contributed by atoms with Gasteiger partial charge in [-0.1, -0.05) is 0 Å². The van der Waals surface area contributed by atoms with Gasteiger partial charge in [-0.25, -0.2) is 12.7 Å². The first-order valence-electron chi connectivity index (χ1n) is 7.67. The highest BCUT2D eigenvalue weighted by molar-refractivity contribution is 7.88. The molecule has 0 aliphatic carbocycles. The van der Waals surface area contributed by atoms with Gasteiger partial charge in [-0.15, -0.1) is 0 Å². The first-order chi connectivity index (χ1) is 9.82. The minimum atomic E-state index is -3.03. The summed E-state index contributed by atoms with van der Waals surface area (Å²) in [6, 6.07) is 2.66. The van der Waals surface area contributed by atoms with Crippen molar-refractivity contribution in [1.82, 2.24) is 14.2 Å². The van der Waals surface area contributed by atoms with E-state index in [0.29, 0.717) is 19.1 Å². The van der Waals surface area contributed by atoms with E-state index in [-0.39, 0.29) is 0 Å². The van der Waals surface area contributed by atoms with Crippen LogP contribution in [0.3, 0.4) is 0 Å². The second-order valence-corrected chi connectivity index (χ2v) is 7.94. The van der Waals surface area contributed by atoms with Crippen LogP contribution in [0.4, 0.5) is 0 Å². The van der Waals surface area contributed by atoms with Crippen molar-refractivity contribution in [2.75, 3.05) is 19.3 Å². The average Bonchev–Trinajstić information content (AvgIpc) is 2.70. The van der Waals surface area contributed by atoms with E-state index in [0.717, 1.165) is 25.9 Å². The molecule has 1 aromatic heterocycles. The Bertz CT molecular complexity index is 584. The SMILES string of the molecule is CCn1c(C)cc(CNC2CCN(S(C)(=O)=O)CC2)c1C. The normalized spacial score (nSPS) is 18.3. The van der Waals surface area contributed by atoms with E-state index in [4.69, 9.17) is 0 Å². The number of sulfonamides is 1. The maximum absolute atomic E-state index is 11.5. The van der Waals surface area contributed by atoms with Crippen LogP contribution in [-0.4, -0.2) is 42.7 Å². The van der Waals surface area contributed by atoms with Crippen LogP contribution in [0.2, 0.25) is 0 Å². The van der Waals surface area contributed by atoms with Crippen LogP contribution in [0.25, 0.3) is 0 Å². The average molecular weight is 313 g/mol. The summed E-state index contributed by atoms with van der Waals surface area (Å²) in [7, 11) is -3.03. The van der Waals surface area contributed by atoms with Crippen LogP contribution in [0, 0.1) is 13.8 Å². The molecule has 120 valence electrons. The van der Waals surface area contributed by atoms with Crippen molar-refractivity contribution in [3.63, 3.8) is 0 Å². The van der Waals surface area contributed by atoms with Gasteiger partial charge in [0.25, 0.3) is 0 Å². The van der Waals surface area contributed by atoms with Gasteiger partial charge < -0.3 is 9.88 Å². The van der Waals surface area contributed by atoms with Crippen LogP contribution in [-0.2, 0) is 23.1 Å². The van der Waals surface area contributed by atoms with Crippen molar-refractivity contribution in [2.24, 2.45) is 0 Å². The molecule has 1 fully saturated rings. The first-order valence-corrected chi connectivity index (χ1v) is 9.52. The molecular weight excluding hydrogens is 286 g/mol. The number of rotatable bonds is 5. The Kier molecular flexibility index (Phi) is 5.11. The molecule has 0 atom stereocenters.